The number of nitrogens with two attached hydrogens (primary N) is 1. The molecule has 1 rings (SSSR count). The molecular weight excluding hydrogens is 274 g/mol. The first kappa shape index (κ1) is 18.8. The molecule has 110 valence electrons. The zero-order valence-electron chi connectivity index (χ0n) is 12.6. The summed E-state index contributed by atoms with van der Waals surface area (Å²) in [6.07, 6.45) is 4.86. The zero-order valence-corrected chi connectivity index (χ0v) is 14.2. The topological polar surface area (TPSA) is 26.0 Å². The van der Waals surface area contributed by atoms with Crippen molar-refractivity contribution in [3.8, 4) is 0 Å². The van der Waals surface area contributed by atoms with Gasteiger partial charge in [-0.05, 0) is 18.1 Å². The fraction of sp³-hybridized carbons (Fsp3) is 0.625. The first-order valence-electron chi connectivity index (χ1n) is 6.97. The van der Waals surface area contributed by atoms with Gasteiger partial charge in [-0.1, -0.05) is 65.2 Å². The molecule has 0 aliphatic carbocycles. The summed E-state index contributed by atoms with van der Waals surface area (Å²) in [6.45, 7) is 8.97. The molecule has 0 amide bonds. The first-order chi connectivity index (χ1) is 8.44. The number of unbranched alkanes of at least 4 members (excludes halogenated alkanes) is 2. The lowest BCUT2D eigenvalue weighted by atomic mass is 10.0. The third-order valence-electron chi connectivity index (χ3n) is 2.85. The molecule has 1 atom stereocenters. The molecule has 19 heavy (non-hydrogen) atoms. The van der Waals surface area contributed by atoms with Crippen molar-refractivity contribution in [2.75, 3.05) is 0 Å². The Bertz CT molecular complexity index is 360. The number of hydrogen-bond acceptors (Lipinski definition) is 2. The molecule has 0 aliphatic heterocycles. The second-order valence-corrected chi connectivity index (χ2v) is 7.72. The summed E-state index contributed by atoms with van der Waals surface area (Å²) < 4.78 is 0.235. The number of benzene rings is 1. The number of rotatable bonds is 6. The highest BCUT2D eigenvalue weighted by molar-refractivity contribution is 8.00. The Labute approximate surface area is 129 Å². The molecule has 1 nitrogen and oxygen atoms in total. The smallest absolute Gasteiger partial charge is 0.0306 e. The highest BCUT2D eigenvalue weighted by atomic mass is 35.5. The minimum atomic E-state index is 0. The normalized spacial score (nSPS) is 12.9. The summed E-state index contributed by atoms with van der Waals surface area (Å²) in [5.41, 5.74) is 7.66. The Morgan fingerprint density at radius 2 is 1.79 bits per heavy atom. The van der Waals surface area contributed by atoms with Gasteiger partial charge in [0.2, 0.25) is 0 Å². The largest absolute Gasteiger partial charge is 0.324 e. The van der Waals surface area contributed by atoms with Crippen molar-refractivity contribution in [2.45, 2.75) is 69.1 Å². The number of halogens is 1. The molecular formula is C16H28ClNS. The Hall–Kier alpha value is -0.180. The highest BCUT2D eigenvalue weighted by Gasteiger charge is 2.17. The van der Waals surface area contributed by atoms with Crippen molar-refractivity contribution in [3.05, 3.63) is 29.8 Å². The Kier molecular flexibility index (Phi) is 8.80. The predicted molar refractivity (Wildman–Crippen MR) is 90.4 cm³/mol. The van der Waals surface area contributed by atoms with Crippen LogP contribution in [-0.4, -0.2) is 4.75 Å². The van der Waals surface area contributed by atoms with Crippen LogP contribution < -0.4 is 5.73 Å². The highest BCUT2D eigenvalue weighted by Crippen LogP contribution is 2.36. The van der Waals surface area contributed by atoms with Crippen molar-refractivity contribution in [2.24, 2.45) is 5.73 Å². The van der Waals surface area contributed by atoms with E-state index >= 15 is 0 Å². The van der Waals surface area contributed by atoms with Gasteiger partial charge in [0.25, 0.3) is 0 Å². The molecule has 0 saturated carbocycles. The minimum absolute atomic E-state index is 0. The second kappa shape index (κ2) is 8.89. The van der Waals surface area contributed by atoms with E-state index in [1.165, 1.54) is 29.7 Å². The van der Waals surface area contributed by atoms with Gasteiger partial charge in [-0.15, -0.1) is 24.2 Å². The fourth-order valence-corrected chi connectivity index (χ4v) is 3.12. The van der Waals surface area contributed by atoms with Crippen molar-refractivity contribution in [1.82, 2.24) is 0 Å². The second-order valence-electron chi connectivity index (χ2n) is 5.85. The predicted octanol–water partition coefficient (Wildman–Crippen LogP) is 5.58. The SMILES string of the molecule is CCCCC[C@@H](N)c1ccccc1SC(C)(C)C.Cl. The van der Waals surface area contributed by atoms with E-state index in [1.54, 1.807) is 0 Å². The van der Waals surface area contributed by atoms with Gasteiger partial charge in [-0.25, -0.2) is 0 Å². The Balaban J connectivity index is 0.00000324. The maximum absolute atomic E-state index is 6.34. The lowest BCUT2D eigenvalue weighted by Gasteiger charge is -2.22. The van der Waals surface area contributed by atoms with E-state index in [0.717, 1.165) is 6.42 Å². The van der Waals surface area contributed by atoms with Crippen LogP contribution in [0.3, 0.4) is 0 Å². The molecule has 2 N–H and O–H groups in total. The average Bonchev–Trinajstić information content (AvgIpc) is 2.27. The van der Waals surface area contributed by atoms with E-state index in [-0.39, 0.29) is 23.2 Å². The van der Waals surface area contributed by atoms with Crippen molar-refractivity contribution >= 4 is 24.2 Å². The molecule has 0 saturated heterocycles. The van der Waals surface area contributed by atoms with Crippen LogP contribution in [0.4, 0.5) is 0 Å². The van der Waals surface area contributed by atoms with Gasteiger partial charge in [-0.2, -0.15) is 0 Å². The molecule has 0 fully saturated rings. The van der Waals surface area contributed by atoms with E-state index < -0.39 is 0 Å². The van der Waals surface area contributed by atoms with Crippen LogP contribution in [0.1, 0.15) is 65.0 Å². The molecule has 0 radical (unpaired) electrons. The van der Waals surface area contributed by atoms with Gasteiger partial charge in [0.15, 0.2) is 0 Å². The van der Waals surface area contributed by atoms with E-state index in [9.17, 15) is 0 Å². The summed E-state index contributed by atoms with van der Waals surface area (Å²) in [4.78, 5) is 1.34. The van der Waals surface area contributed by atoms with Crippen LogP contribution in [0.25, 0.3) is 0 Å². The van der Waals surface area contributed by atoms with Crippen LogP contribution in [-0.2, 0) is 0 Å². The summed E-state index contributed by atoms with van der Waals surface area (Å²) in [5.74, 6) is 0. The molecule has 0 heterocycles. The van der Waals surface area contributed by atoms with Gasteiger partial charge in [0, 0.05) is 15.7 Å². The Morgan fingerprint density at radius 3 is 2.37 bits per heavy atom. The zero-order chi connectivity index (χ0) is 13.6. The van der Waals surface area contributed by atoms with Crippen molar-refractivity contribution < 1.29 is 0 Å². The van der Waals surface area contributed by atoms with Crippen molar-refractivity contribution in [1.29, 1.82) is 0 Å². The molecule has 0 bridgehead atoms. The van der Waals surface area contributed by atoms with Crippen LogP contribution in [0.15, 0.2) is 29.2 Å². The molecule has 0 unspecified atom stereocenters. The number of hydrogen-bond donors (Lipinski definition) is 1. The third kappa shape index (κ3) is 7.24. The van der Waals surface area contributed by atoms with Crippen LogP contribution >= 0.6 is 24.2 Å². The summed E-state index contributed by atoms with van der Waals surface area (Å²) in [5, 5.41) is 0. The van der Waals surface area contributed by atoms with Crippen molar-refractivity contribution in [3.63, 3.8) is 0 Å². The van der Waals surface area contributed by atoms with Gasteiger partial charge < -0.3 is 5.73 Å². The van der Waals surface area contributed by atoms with E-state index in [2.05, 4.69) is 52.0 Å². The summed E-state index contributed by atoms with van der Waals surface area (Å²) >= 11 is 1.91. The summed E-state index contributed by atoms with van der Waals surface area (Å²) in [7, 11) is 0. The Morgan fingerprint density at radius 1 is 1.16 bits per heavy atom. The van der Waals surface area contributed by atoms with Gasteiger partial charge in [-0.3, -0.25) is 0 Å². The maximum atomic E-state index is 6.34. The lowest BCUT2D eigenvalue weighted by Crippen LogP contribution is -2.13. The average molecular weight is 302 g/mol. The molecule has 0 spiro atoms. The van der Waals surface area contributed by atoms with Gasteiger partial charge >= 0.3 is 0 Å². The quantitative estimate of drug-likeness (QED) is 0.548. The van der Waals surface area contributed by atoms with Gasteiger partial charge in [0.1, 0.15) is 0 Å². The molecule has 1 aromatic carbocycles. The minimum Gasteiger partial charge on any atom is -0.324 e. The first-order valence-corrected chi connectivity index (χ1v) is 7.79. The standard InChI is InChI=1S/C16H27NS.ClH/c1-5-6-7-11-14(17)13-10-8-9-12-15(13)18-16(2,3)4;/h8-10,12,14H,5-7,11,17H2,1-4H3;1H/t14-;/m1./s1. The molecule has 1 aromatic rings. The summed E-state index contributed by atoms with van der Waals surface area (Å²) in [6, 6.07) is 8.77. The van der Waals surface area contributed by atoms with Crippen LogP contribution in [0.5, 0.6) is 0 Å². The van der Waals surface area contributed by atoms with Crippen LogP contribution in [0, 0.1) is 0 Å². The van der Waals surface area contributed by atoms with Gasteiger partial charge in [0.05, 0.1) is 0 Å². The lowest BCUT2D eigenvalue weighted by molar-refractivity contribution is 0.575. The molecule has 3 heteroatoms. The van der Waals surface area contributed by atoms with Crippen LogP contribution in [0.2, 0.25) is 0 Å². The van der Waals surface area contributed by atoms with E-state index in [4.69, 9.17) is 5.73 Å². The third-order valence-corrected chi connectivity index (χ3v) is 4.06. The molecule has 0 aromatic heterocycles. The molecule has 0 aliphatic rings. The monoisotopic (exact) mass is 301 g/mol. The number of thioether (sulfide) groups is 1. The maximum Gasteiger partial charge on any atom is 0.0306 e. The van der Waals surface area contributed by atoms with E-state index in [1.807, 2.05) is 11.8 Å². The van der Waals surface area contributed by atoms with E-state index in [0.29, 0.717) is 0 Å². The fourth-order valence-electron chi connectivity index (χ4n) is 1.98.